The highest BCUT2D eigenvalue weighted by atomic mass is 35.5. The van der Waals surface area contributed by atoms with Gasteiger partial charge in [-0.1, -0.05) is 11.6 Å². The standard InChI is InChI=1S/C13H18ClNO4/c1-16-9-6-8(10-7-15-4-5-19-10)12(17-2)11(14)13(9)18-3/h6,10,15H,4-5,7H2,1-3H3. The fourth-order valence-electron chi connectivity index (χ4n) is 2.16. The van der Waals surface area contributed by atoms with Crippen LogP contribution in [0.25, 0.3) is 0 Å². The number of hydrogen-bond donors (Lipinski definition) is 1. The number of hydrogen-bond acceptors (Lipinski definition) is 5. The number of ether oxygens (including phenoxy) is 4. The van der Waals surface area contributed by atoms with Gasteiger partial charge in [-0.3, -0.25) is 0 Å². The molecule has 1 fully saturated rings. The minimum atomic E-state index is -0.110. The van der Waals surface area contributed by atoms with E-state index in [0.29, 0.717) is 35.4 Å². The van der Waals surface area contributed by atoms with Crippen LogP contribution in [0.15, 0.2) is 6.07 Å². The van der Waals surface area contributed by atoms with Crippen LogP contribution in [0.4, 0.5) is 0 Å². The maximum Gasteiger partial charge on any atom is 0.183 e. The molecule has 0 aliphatic carbocycles. The van der Waals surface area contributed by atoms with E-state index in [1.165, 1.54) is 0 Å². The Morgan fingerprint density at radius 2 is 1.95 bits per heavy atom. The minimum Gasteiger partial charge on any atom is -0.495 e. The lowest BCUT2D eigenvalue weighted by atomic mass is 10.1. The molecule has 19 heavy (non-hydrogen) atoms. The highest BCUT2D eigenvalue weighted by molar-refractivity contribution is 6.34. The van der Waals surface area contributed by atoms with E-state index in [1.807, 2.05) is 6.07 Å². The fraction of sp³-hybridized carbons (Fsp3) is 0.538. The Balaban J connectivity index is 2.49. The van der Waals surface area contributed by atoms with Crippen molar-refractivity contribution in [2.24, 2.45) is 0 Å². The summed E-state index contributed by atoms with van der Waals surface area (Å²) in [5.74, 6) is 1.60. The summed E-state index contributed by atoms with van der Waals surface area (Å²) in [6, 6.07) is 1.85. The molecule has 5 nitrogen and oxygen atoms in total. The number of benzene rings is 1. The molecule has 1 aliphatic rings. The average molecular weight is 288 g/mol. The van der Waals surface area contributed by atoms with Crippen molar-refractivity contribution in [2.75, 3.05) is 41.0 Å². The van der Waals surface area contributed by atoms with E-state index in [-0.39, 0.29) is 6.10 Å². The summed E-state index contributed by atoms with van der Waals surface area (Å²) >= 11 is 6.31. The Morgan fingerprint density at radius 3 is 2.47 bits per heavy atom. The molecule has 1 aromatic rings. The monoisotopic (exact) mass is 287 g/mol. The van der Waals surface area contributed by atoms with Crippen LogP contribution in [-0.4, -0.2) is 41.0 Å². The van der Waals surface area contributed by atoms with Gasteiger partial charge in [-0.15, -0.1) is 0 Å². The molecular formula is C13H18ClNO4. The lowest BCUT2D eigenvalue weighted by Crippen LogP contribution is -2.33. The second kappa shape index (κ2) is 6.32. The van der Waals surface area contributed by atoms with Gasteiger partial charge in [0.1, 0.15) is 10.8 Å². The number of methoxy groups -OCH3 is 3. The Bertz CT molecular complexity index is 447. The van der Waals surface area contributed by atoms with Gasteiger partial charge in [-0.25, -0.2) is 0 Å². The van der Waals surface area contributed by atoms with Crippen molar-refractivity contribution in [3.63, 3.8) is 0 Å². The summed E-state index contributed by atoms with van der Waals surface area (Å²) in [5.41, 5.74) is 0.859. The van der Waals surface area contributed by atoms with Crippen molar-refractivity contribution in [2.45, 2.75) is 6.10 Å². The van der Waals surface area contributed by atoms with Gasteiger partial charge in [0.2, 0.25) is 0 Å². The van der Waals surface area contributed by atoms with Gasteiger partial charge < -0.3 is 24.3 Å². The Labute approximate surface area is 117 Å². The molecule has 1 heterocycles. The first kappa shape index (κ1) is 14.2. The van der Waals surface area contributed by atoms with Crippen LogP contribution >= 0.6 is 11.6 Å². The summed E-state index contributed by atoms with van der Waals surface area (Å²) in [6.45, 7) is 2.21. The molecule has 1 saturated heterocycles. The van der Waals surface area contributed by atoms with E-state index in [2.05, 4.69) is 5.32 Å². The van der Waals surface area contributed by atoms with Gasteiger partial charge in [0, 0.05) is 18.7 Å². The zero-order valence-corrected chi connectivity index (χ0v) is 12.0. The van der Waals surface area contributed by atoms with E-state index in [0.717, 1.165) is 12.1 Å². The van der Waals surface area contributed by atoms with Crippen LogP contribution in [-0.2, 0) is 4.74 Å². The van der Waals surface area contributed by atoms with Crippen molar-refractivity contribution in [3.8, 4) is 17.2 Å². The first-order chi connectivity index (χ1) is 9.22. The van der Waals surface area contributed by atoms with E-state index in [4.69, 9.17) is 30.5 Å². The third kappa shape index (κ3) is 2.73. The zero-order chi connectivity index (χ0) is 13.8. The zero-order valence-electron chi connectivity index (χ0n) is 11.3. The van der Waals surface area contributed by atoms with Crippen molar-refractivity contribution in [1.29, 1.82) is 0 Å². The second-order valence-electron chi connectivity index (χ2n) is 4.11. The maximum atomic E-state index is 6.31. The topological polar surface area (TPSA) is 49.0 Å². The molecule has 0 radical (unpaired) electrons. The summed E-state index contributed by atoms with van der Waals surface area (Å²) in [6.07, 6.45) is -0.110. The maximum absolute atomic E-state index is 6.31. The molecule has 1 N–H and O–H groups in total. The Morgan fingerprint density at radius 1 is 1.21 bits per heavy atom. The minimum absolute atomic E-state index is 0.110. The first-order valence-corrected chi connectivity index (χ1v) is 6.41. The molecule has 1 aliphatic heterocycles. The Hall–Kier alpha value is -1.17. The molecule has 0 aromatic heterocycles. The van der Waals surface area contributed by atoms with Crippen molar-refractivity contribution >= 4 is 11.6 Å². The molecule has 106 valence electrons. The van der Waals surface area contributed by atoms with Crippen molar-refractivity contribution in [1.82, 2.24) is 5.32 Å². The van der Waals surface area contributed by atoms with Crippen LogP contribution in [0.2, 0.25) is 5.02 Å². The molecule has 0 amide bonds. The van der Waals surface area contributed by atoms with Gasteiger partial charge in [-0.2, -0.15) is 0 Å². The lowest BCUT2D eigenvalue weighted by molar-refractivity contribution is 0.0261. The predicted octanol–water partition coefficient (Wildman–Crippen LogP) is 2.03. The number of morpholine rings is 1. The van der Waals surface area contributed by atoms with Crippen LogP contribution in [0.1, 0.15) is 11.7 Å². The molecule has 2 rings (SSSR count). The van der Waals surface area contributed by atoms with Gasteiger partial charge in [-0.05, 0) is 6.07 Å². The second-order valence-corrected chi connectivity index (χ2v) is 4.49. The van der Waals surface area contributed by atoms with Crippen LogP contribution in [0, 0.1) is 0 Å². The summed E-state index contributed by atoms with van der Waals surface area (Å²) in [4.78, 5) is 0. The number of rotatable bonds is 4. The fourth-order valence-corrected chi connectivity index (χ4v) is 2.52. The SMILES string of the molecule is COc1cc(C2CNCCO2)c(OC)c(Cl)c1OC. The number of nitrogens with one attached hydrogen (secondary N) is 1. The van der Waals surface area contributed by atoms with Gasteiger partial charge >= 0.3 is 0 Å². The van der Waals surface area contributed by atoms with Gasteiger partial charge in [0.05, 0.1) is 34.0 Å². The highest BCUT2D eigenvalue weighted by Gasteiger charge is 2.26. The normalized spacial score (nSPS) is 19.1. The summed E-state index contributed by atoms with van der Waals surface area (Å²) in [5, 5.41) is 3.67. The average Bonchev–Trinajstić information content (AvgIpc) is 2.47. The molecule has 0 saturated carbocycles. The quantitative estimate of drug-likeness (QED) is 0.918. The molecule has 1 atom stereocenters. The van der Waals surface area contributed by atoms with Crippen molar-refractivity contribution in [3.05, 3.63) is 16.7 Å². The van der Waals surface area contributed by atoms with Crippen LogP contribution < -0.4 is 19.5 Å². The molecule has 6 heteroatoms. The van der Waals surface area contributed by atoms with Gasteiger partial charge in [0.25, 0.3) is 0 Å². The van der Waals surface area contributed by atoms with Crippen LogP contribution in [0.5, 0.6) is 17.2 Å². The van der Waals surface area contributed by atoms with E-state index in [9.17, 15) is 0 Å². The summed E-state index contributed by atoms with van der Waals surface area (Å²) < 4.78 is 21.7. The molecule has 0 spiro atoms. The van der Waals surface area contributed by atoms with E-state index >= 15 is 0 Å². The third-order valence-electron chi connectivity index (χ3n) is 3.07. The van der Waals surface area contributed by atoms with Crippen LogP contribution in [0.3, 0.4) is 0 Å². The third-order valence-corrected chi connectivity index (χ3v) is 3.42. The molecule has 1 unspecified atom stereocenters. The molecule has 0 bridgehead atoms. The molecular weight excluding hydrogens is 270 g/mol. The Kier molecular flexibility index (Phi) is 4.74. The van der Waals surface area contributed by atoms with E-state index in [1.54, 1.807) is 21.3 Å². The largest absolute Gasteiger partial charge is 0.495 e. The predicted molar refractivity (Wildman–Crippen MR) is 72.7 cm³/mol. The van der Waals surface area contributed by atoms with Gasteiger partial charge in [0.15, 0.2) is 11.5 Å². The summed E-state index contributed by atoms with van der Waals surface area (Å²) in [7, 11) is 4.69. The highest BCUT2D eigenvalue weighted by Crippen LogP contribution is 2.46. The van der Waals surface area contributed by atoms with Crippen molar-refractivity contribution < 1.29 is 18.9 Å². The lowest BCUT2D eigenvalue weighted by Gasteiger charge is -2.26. The molecule has 1 aromatic carbocycles. The first-order valence-electron chi connectivity index (χ1n) is 6.03. The van der Waals surface area contributed by atoms with E-state index < -0.39 is 0 Å². The number of halogens is 1. The smallest absolute Gasteiger partial charge is 0.183 e.